The highest BCUT2D eigenvalue weighted by Crippen LogP contribution is 2.44. The predicted octanol–water partition coefficient (Wildman–Crippen LogP) is 2.66. The van der Waals surface area contributed by atoms with Crippen LogP contribution in [0.3, 0.4) is 0 Å². The van der Waals surface area contributed by atoms with Crippen LogP contribution in [0.2, 0.25) is 0 Å². The molecule has 1 saturated carbocycles. The molecule has 0 radical (unpaired) electrons. The third-order valence-electron chi connectivity index (χ3n) is 3.98. The Morgan fingerprint density at radius 1 is 1.52 bits per heavy atom. The summed E-state index contributed by atoms with van der Waals surface area (Å²) in [6.45, 7) is 0.542. The van der Waals surface area contributed by atoms with Crippen molar-refractivity contribution in [2.75, 3.05) is 19.0 Å². The molecule has 0 aromatic heterocycles. The van der Waals surface area contributed by atoms with Crippen molar-refractivity contribution < 1.29 is 19.6 Å². The van der Waals surface area contributed by atoms with E-state index in [0.29, 0.717) is 12.2 Å². The summed E-state index contributed by atoms with van der Waals surface area (Å²) >= 11 is 0. The molecule has 0 saturated heterocycles. The van der Waals surface area contributed by atoms with E-state index in [-0.39, 0.29) is 23.3 Å². The Bertz CT molecular complexity index is 554. The molecule has 1 aliphatic rings. The number of nitrogens with one attached hydrogen (secondary N) is 1. The second-order valence-electron chi connectivity index (χ2n) is 5.42. The van der Waals surface area contributed by atoms with Crippen molar-refractivity contribution in [1.29, 1.82) is 0 Å². The number of methoxy groups -OCH3 is 1. The Labute approximate surface area is 122 Å². The molecule has 1 aromatic carbocycles. The summed E-state index contributed by atoms with van der Waals surface area (Å²) in [5.41, 5.74) is 0.391. The molecule has 0 amide bonds. The van der Waals surface area contributed by atoms with Gasteiger partial charge in [-0.1, -0.05) is 6.42 Å². The minimum atomic E-state index is -0.794. The molecule has 0 bridgehead atoms. The van der Waals surface area contributed by atoms with Gasteiger partial charge in [0, 0.05) is 24.4 Å². The van der Waals surface area contributed by atoms with Crippen LogP contribution >= 0.6 is 0 Å². The Hall–Kier alpha value is -2.31. The second kappa shape index (κ2) is 5.99. The number of anilines is 1. The molecular weight excluding hydrogens is 276 g/mol. The smallest absolute Gasteiger partial charge is 0.311 e. The lowest BCUT2D eigenvalue weighted by Crippen LogP contribution is -2.38. The molecule has 0 heterocycles. The van der Waals surface area contributed by atoms with Gasteiger partial charge in [0.1, 0.15) is 0 Å². The van der Waals surface area contributed by atoms with Gasteiger partial charge in [0.2, 0.25) is 0 Å². The zero-order valence-electron chi connectivity index (χ0n) is 11.8. The molecule has 7 nitrogen and oxygen atoms in total. The van der Waals surface area contributed by atoms with Crippen LogP contribution in [0.5, 0.6) is 5.75 Å². The van der Waals surface area contributed by atoms with Crippen molar-refractivity contribution in [1.82, 2.24) is 0 Å². The van der Waals surface area contributed by atoms with Crippen LogP contribution in [-0.4, -0.2) is 29.7 Å². The van der Waals surface area contributed by atoms with E-state index < -0.39 is 10.9 Å². The van der Waals surface area contributed by atoms with E-state index in [2.05, 4.69) is 5.32 Å². The van der Waals surface area contributed by atoms with Gasteiger partial charge in [0.15, 0.2) is 5.75 Å². The van der Waals surface area contributed by atoms with E-state index in [9.17, 15) is 14.9 Å². The van der Waals surface area contributed by atoms with Gasteiger partial charge in [-0.25, -0.2) is 0 Å². The molecule has 1 aromatic rings. The predicted molar refractivity (Wildman–Crippen MR) is 76.7 cm³/mol. The fourth-order valence-corrected chi connectivity index (χ4v) is 2.64. The maximum Gasteiger partial charge on any atom is 0.311 e. The lowest BCUT2D eigenvalue weighted by Gasteiger charge is -2.41. The molecule has 1 aliphatic carbocycles. The monoisotopic (exact) mass is 294 g/mol. The summed E-state index contributed by atoms with van der Waals surface area (Å²) in [5.74, 6) is -0.608. The molecule has 1 fully saturated rings. The van der Waals surface area contributed by atoms with Crippen molar-refractivity contribution in [2.45, 2.75) is 25.7 Å². The zero-order valence-corrected chi connectivity index (χ0v) is 11.8. The van der Waals surface area contributed by atoms with Crippen LogP contribution in [0.15, 0.2) is 18.2 Å². The first-order chi connectivity index (χ1) is 9.96. The number of aliphatic carboxylic acids is 1. The minimum absolute atomic E-state index is 0.0908. The summed E-state index contributed by atoms with van der Waals surface area (Å²) in [7, 11) is 1.38. The first kappa shape index (κ1) is 15.1. The first-order valence-corrected chi connectivity index (χ1v) is 6.74. The van der Waals surface area contributed by atoms with E-state index in [1.54, 1.807) is 12.1 Å². The number of carboxylic acid groups (broad SMARTS) is 1. The van der Waals surface area contributed by atoms with Crippen molar-refractivity contribution in [3.05, 3.63) is 28.3 Å². The number of ether oxygens (including phenoxy) is 1. The van der Waals surface area contributed by atoms with Gasteiger partial charge in [-0.2, -0.15) is 0 Å². The summed E-state index contributed by atoms with van der Waals surface area (Å²) in [6, 6.07) is 4.55. The molecule has 114 valence electrons. The minimum Gasteiger partial charge on any atom is -0.490 e. The topological polar surface area (TPSA) is 102 Å². The quantitative estimate of drug-likeness (QED) is 0.592. The van der Waals surface area contributed by atoms with Crippen LogP contribution in [-0.2, 0) is 4.79 Å². The summed E-state index contributed by atoms with van der Waals surface area (Å²) in [4.78, 5) is 21.2. The molecule has 2 N–H and O–H groups in total. The summed E-state index contributed by atoms with van der Waals surface area (Å²) in [6.07, 6.45) is 2.95. The number of nitro groups is 1. The van der Waals surface area contributed by atoms with Gasteiger partial charge in [0.05, 0.1) is 18.5 Å². The highest BCUT2D eigenvalue weighted by atomic mass is 16.6. The molecule has 2 rings (SSSR count). The van der Waals surface area contributed by atoms with Crippen LogP contribution in [0.1, 0.15) is 25.7 Å². The molecule has 7 heteroatoms. The van der Waals surface area contributed by atoms with Crippen LogP contribution in [0.4, 0.5) is 11.4 Å². The molecule has 0 spiro atoms. The maximum atomic E-state index is 10.9. The number of carboxylic acids is 1. The number of hydrogen-bond acceptors (Lipinski definition) is 5. The van der Waals surface area contributed by atoms with Gasteiger partial charge < -0.3 is 15.2 Å². The van der Waals surface area contributed by atoms with Gasteiger partial charge >= 0.3 is 11.7 Å². The number of hydrogen-bond donors (Lipinski definition) is 2. The van der Waals surface area contributed by atoms with Crippen LogP contribution in [0, 0.1) is 15.5 Å². The highest BCUT2D eigenvalue weighted by Gasteiger charge is 2.38. The number of nitrogens with zero attached hydrogens (tertiary/aromatic N) is 1. The fourth-order valence-electron chi connectivity index (χ4n) is 2.64. The third kappa shape index (κ3) is 3.42. The molecule has 0 unspecified atom stereocenters. The normalized spacial score (nSPS) is 15.9. The first-order valence-electron chi connectivity index (χ1n) is 6.74. The van der Waals surface area contributed by atoms with Gasteiger partial charge in [-0.15, -0.1) is 0 Å². The van der Waals surface area contributed by atoms with Crippen molar-refractivity contribution >= 4 is 17.3 Å². The largest absolute Gasteiger partial charge is 0.490 e. The molecule has 0 atom stereocenters. The SMILES string of the molecule is COc1cc(NCC2(CC(=O)O)CCC2)ccc1[N+](=O)[O-]. The Kier molecular flexibility index (Phi) is 4.30. The number of benzene rings is 1. The summed E-state index contributed by atoms with van der Waals surface area (Å²) in [5, 5.41) is 23.0. The fraction of sp³-hybridized carbons (Fsp3) is 0.500. The molecular formula is C14H18N2O5. The van der Waals surface area contributed by atoms with Gasteiger partial charge in [-0.05, 0) is 24.3 Å². The lowest BCUT2D eigenvalue weighted by atomic mass is 9.66. The van der Waals surface area contributed by atoms with Crippen LogP contribution in [0.25, 0.3) is 0 Å². The van der Waals surface area contributed by atoms with Crippen LogP contribution < -0.4 is 10.1 Å². The average molecular weight is 294 g/mol. The van der Waals surface area contributed by atoms with E-state index in [1.807, 2.05) is 0 Å². The van der Waals surface area contributed by atoms with E-state index >= 15 is 0 Å². The van der Waals surface area contributed by atoms with Gasteiger partial charge in [-0.3, -0.25) is 14.9 Å². The number of carbonyl (C=O) groups is 1. The lowest BCUT2D eigenvalue weighted by molar-refractivity contribution is -0.385. The zero-order chi connectivity index (χ0) is 15.5. The Morgan fingerprint density at radius 3 is 2.71 bits per heavy atom. The molecule has 0 aliphatic heterocycles. The standard InChI is InChI=1S/C14H18N2O5/c1-21-12-7-10(3-4-11(12)16(19)20)15-9-14(5-2-6-14)8-13(17)18/h3-4,7,15H,2,5-6,8-9H2,1H3,(H,17,18). The maximum absolute atomic E-state index is 10.9. The third-order valence-corrected chi connectivity index (χ3v) is 3.98. The van der Waals surface area contributed by atoms with Crippen molar-refractivity contribution in [3.63, 3.8) is 0 Å². The summed E-state index contributed by atoms with van der Waals surface area (Å²) < 4.78 is 5.01. The van der Waals surface area contributed by atoms with E-state index in [1.165, 1.54) is 13.2 Å². The Balaban J connectivity index is 2.06. The van der Waals surface area contributed by atoms with Gasteiger partial charge in [0.25, 0.3) is 0 Å². The van der Waals surface area contributed by atoms with E-state index in [4.69, 9.17) is 9.84 Å². The highest BCUT2D eigenvalue weighted by molar-refractivity contribution is 5.68. The van der Waals surface area contributed by atoms with E-state index in [0.717, 1.165) is 19.3 Å². The Morgan fingerprint density at radius 2 is 2.24 bits per heavy atom. The number of rotatable bonds is 7. The average Bonchev–Trinajstić information content (AvgIpc) is 2.40. The number of nitro benzene ring substituents is 1. The molecule has 21 heavy (non-hydrogen) atoms. The van der Waals surface area contributed by atoms with Crippen molar-refractivity contribution in [3.8, 4) is 5.75 Å². The van der Waals surface area contributed by atoms with Crippen molar-refractivity contribution in [2.24, 2.45) is 5.41 Å². The second-order valence-corrected chi connectivity index (χ2v) is 5.42.